The minimum absolute atomic E-state index is 0.707. The molecule has 0 saturated carbocycles. The lowest BCUT2D eigenvalue weighted by Crippen LogP contribution is -2.26. The number of aryl methyl sites for hydroxylation is 1. The first kappa shape index (κ1) is 12.2. The van der Waals surface area contributed by atoms with Gasteiger partial charge in [-0.1, -0.05) is 30.3 Å². The molecule has 1 aromatic carbocycles. The number of nitrogens with zero attached hydrogens (tertiary/aromatic N) is 3. The molecule has 0 amide bonds. The van der Waals surface area contributed by atoms with Crippen LogP contribution < -0.4 is 5.73 Å². The number of rotatable bonds is 2. The van der Waals surface area contributed by atoms with Gasteiger partial charge in [-0.15, -0.1) is 0 Å². The number of nitrogens with two attached hydrogens (primary N) is 1. The van der Waals surface area contributed by atoms with Crippen molar-refractivity contribution in [2.45, 2.75) is 19.4 Å². The number of aromatic nitrogens is 2. The van der Waals surface area contributed by atoms with Crippen LogP contribution in [0.2, 0.25) is 0 Å². The molecule has 3 rings (SSSR count). The molecule has 100 valence electrons. The van der Waals surface area contributed by atoms with Crippen LogP contribution in [-0.2, 0) is 26.4 Å². The van der Waals surface area contributed by atoms with Crippen LogP contribution in [0.15, 0.2) is 30.3 Å². The van der Waals surface area contributed by atoms with Gasteiger partial charge >= 0.3 is 0 Å². The van der Waals surface area contributed by atoms with Crippen molar-refractivity contribution >= 4 is 5.82 Å². The first-order chi connectivity index (χ1) is 9.24. The molecule has 0 aliphatic carbocycles. The van der Waals surface area contributed by atoms with Crippen LogP contribution in [0.25, 0.3) is 0 Å². The third kappa shape index (κ3) is 2.49. The normalized spacial score (nSPS) is 16.1. The van der Waals surface area contributed by atoms with Crippen molar-refractivity contribution in [3.05, 3.63) is 47.2 Å². The minimum Gasteiger partial charge on any atom is -0.382 e. The molecule has 0 unspecified atom stereocenters. The summed E-state index contributed by atoms with van der Waals surface area (Å²) in [5, 5.41) is 4.32. The largest absolute Gasteiger partial charge is 0.382 e. The van der Waals surface area contributed by atoms with Gasteiger partial charge in [-0.05, 0) is 12.0 Å². The maximum atomic E-state index is 5.98. The molecule has 0 atom stereocenters. The van der Waals surface area contributed by atoms with E-state index in [-0.39, 0.29) is 0 Å². The topological polar surface area (TPSA) is 47.1 Å². The molecule has 0 bridgehead atoms. The fourth-order valence-corrected chi connectivity index (χ4v) is 2.86. The van der Waals surface area contributed by atoms with E-state index in [0.717, 1.165) is 32.5 Å². The molecular weight excluding hydrogens is 236 g/mol. The van der Waals surface area contributed by atoms with Gasteiger partial charge in [0.15, 0.2) is 0 Å². The molecule has 1 aliphatic heterocycles. The monoisotopic (exact) mass is 256 g/mol. The van der Waals surface area contributed by atoms with Crippen molar-refractivity contribution in [3.63, 3.8) is 0 Å². The van der Waals surface area contributed by atoms with Crippen LogP contribution in [0, 0.1) is 0 Å². The second-order valence-electron chi connectivity index (χ2n) is 5.20. The molecule has 0 radical (unpaired) electrons. The SMILES string of the molecule is Cn1nc(N)c2c1CCN(Cc1ccccc1)CC2. The van der Waals surface area contributed by atoms with Crippen molar-refractivity contribution in [1.29, 1.82) is 0 Å². The highest BCUT2D eigenvalue weighted by atomic mass is 15.3. The Balaban J connectivity index is 1.72. The summed E-state index contributed by atoms with van der Waals surface area (Å²) in [6.45, 7) is 3.14. The molecule has 2 N–H and O–H groups in total. The van der Waals surface area contributed by atoms with Crippen LogP contribution in [0.5, 0.6) is 0 Å². The first-order valence-corrected chi connectivity index (χ1v) is 6.80. The summed E-state index contributed by atoms with van der Waals surface area (Å²) in [6.07, 6.45) is 2.03. The zero-order valence-electron chi connectivity index (χ0n) is 11.3. The molecule has 1 aliphatic rings. The van der Waals surface area contributed by atoms with Gasteiger partial charge < -0.3 is 5.73 Å². The van der Waals surface area contributed by atoms with E-state index in [9.17, 15) is 0 Å². The van der Waals surface area contributed by atoms with Crippen molar-refractivity contribution in [2.24, 2.45) is 7.05 Å². The summed E-state index contributed by atoms with van der Waals surface area (Å²) in [7, 11) is 1.99. The van der Waals surface area contributed by atoms with E-state index in [1.807, 2.05) is 11.7 Å². The van der Waals surface area contributed by atoms with Gasteiger partial charge in [0.25, 0.3) is 0 Å². The van der Waals surface area contributed by atoms with Gasteiger partial charge in [0, 0.05) is 44.4 Å². The minimum atomic E-state index is 0.707. The Kier molecular flexibility index (Phi) is 3.25. The molecular formula is C15H20N4. The summed E-state index contributed by atoms with van der Waals surface area (Å²) in [5.41, 5.74) is 9.90. The van der Waals surface area contributed by atoms with Gasteiger partial charge in [0.2, 0.25) is 0 Å². The summed E-state index contributed by atoms with van der Waals surface area (Å²) in [6, 6.07) is 10.6. The van der Waals surface area contributed by atoms with Gasteiger partial charge in [-0.25, -0.2) is 0 Å². The zero-order valence-corrected chi connectivity index (χ0v) is 11.3. The van der Waals surface area contributed by atoms with Crippen LogP contribution in [0.3, 0.4) is 0 Å². The summed E-state index contributed by atoms with van der Waals surface area (Å²) in [4.78, 5) is 2.49. The average molecular weight is 256 g/mol. The van der Waals surface area contributed by atoms with Crippen molar-refractivity contribution in [2.75, 3.05) is 18.8 Å². The molecule has 0 saturated heterocycles. The molecule has 4 nitrogen and oxygen atoms in total. The lowest BCUT2D eigenvalue weighted by atomic mass is 10.1. The molecule has 0 spiro atoms. The maximum absolute atomic E-state index is 5.98. The van der Waals surface area contributed by atoms with Crippen LogP contribution in [-0.4, -0.2) is 27.8 Å². The Morgan fingerprint density at radius 1 is 1.16 bits per heavy atom. The van der Waals surface area contributed by atoms with Gasteiger partial charge in [0.05, 0.1) is 0 Å². The number of fused-ring (bicyclic) bond motifs is 1. The Labute approximate surface area is 113 Å². The van der Waals surface area contributed by atoms with Crippen molar-refractivity contribution in [3.8, 4) is 0 Å². The summed E-state index contributed by atoms with van der Waals surface area (Å²) in [5.74, 6) is 0.707. The Hall–Kier alpha value is -1.81. The van der Waals surface area contributed by atoms with E-state index in [4.69, 9.17) is 5.73 Å². The fourth-order valence-electron chi connectivity index (χ4n) is 2.86. The lowest BCUT2D eigenvalue weighted by Gasteiger charge is -2.19. The molecule has 0 fully saturated rings. The van der Waals surface area contributed by atoms with Crippen LogP contribution >= 0.6 is 0 Å². The van der Waals surface area contributed by atoms with E-state index in [2.05, 4.69) is 40.3 Å². The van der Waals surface area contributed by atoms with E-state index >= 15 is 0 Å². The summed E-state index contributed by atoms with van der Waals surface area (Å²) >= 11 is 0. The third-order valence-electron chi connectivity index (χ3n) is 3.90. The Morgan fingerprint density at radius 2 is 1.89 bits per heavy atom. The highest BCUT2D eigenvalue weighted by molar-refractivity contribution is 5.43. The molecule has 2 heterocycles. The highest BCUT2D eigenvalue weighted by Crippen LogP contribution is 2.21. The number of benzene rings is 1. The van der Waals surface area contributed by atoms with Crippen molar-refractivity contribution < 1.29 is 0 Å². The maximum Gasteiger partial charge on any atom is 0.148 e. The second kappa shape index (κ2) is 5.05. The second-order valence-corrected chi connectivity index (χ2v) is 5.20. The predicted molar refractivity (Wildman–Crippen MR) is 76.7 cm³/mol. The average Bonchev–Trinajstić information content (AvgIpc) is 2.59. The molecule has 19 heavy (non-hydrogen) atoms. The van der Waals surface area contributed by atoms with E-state index < -0.39 is 0 Å². The Bertz CT molecular complexity index is 531. The zero-order chi connectivity index (χ0) is 13.2. The fraction of sp³-hybridized carbons (Fsp3) is 0.400. The molecule has 2 aromatic rings. The smallest absolute Gasteiger partial charge is 0.148 e. The molecule has 1 aromatic heterocycles. The van der Waals surface area contributed by atoms with Crippen molar-refractivity contribution in [1.82, 2.24) is 14.7 Å². The number of anilines is 1. The number of nitrogen functional groups attached to an aromatic ring is 1. The highest BCUT2D eigenvalue weighted by Gasteiger charge is 2.19. The first-order valence-electron chi connectivity index (χ1n) is 6.80. The van der Waals surface area contributed by atoms with E-state index in [0.29, 0.717) is 5.82 Å². The Morgan fingerprint density at radius 3 is 2.68 bits per heavy atom. The molecule has 4 heteroatoms. The summed E-state index contributed by atoms with van der Waals surface area (Å²) < 4.78 is 1.94. The van der Waals surface area contributed by atoms with Crippen LogP contribution in [0.4, 0.5) is 5.82 Å². The van der Waals surface area contributed by atoms with Crippen LogP contribution in [0.1, 0.15) is 16.8 Å². The quantitative estimate of drug-likeness (QED) is 0.888. The standard InChI is InChI=1S/C15H20N4/c1-18-14-8-10-19(9-7-13(14)15(16)17-18)11-12-5-3-2-4-6-12/h2-6H,7-11H2,1H3,(H2,16,17). The van der Waals surface area contributed by atoms with E-state index in [1.54, 1.807) is 0 Å². The van der Waals surface area contributed by atoms with Gasteiger partial charge in [-0.2, -0.15) is 5.10 Å². The number of hydrogen-bond acceptors (Lipinski definition) is 3. The third-order valence-corrected chi connectivity index (χ3v) is 3.90. The van der Waals surface area contributed by atoms with Gasteiger partial charge in [0.1, 0.15) is 5.82 Å². The van der Waals surface area contributed by atoms with E-state index in [1.165, 1.54) is 16.8 Å². The predicted octanol–water partition coefficient (Wildman–Crippen LogP) is 1.60. The lowest BCUT2D eigenvalue weighted by molar-refractivity contribution is 0.278. The number of hydrogen-bond donors (Lipinski definition) is 1. The van der Waals surface area contributed by atoms with Gasteiger partial charge in [-0.3, -0.25) is 9.58 Å².